The van der Waals surface area contributed by atoms with E-state index in [0.29, 0.717) is 12.0 Å². The molecule has 3 aliphatic heterocycles. The van der Waals surface area contributed by atoms with Crippen molar-refractivity contribution < 1.29 is 4.79 Å². The first-order valence-corrected chi connectivity index (χ1v) is 9.40. The predicted molar refractivity (Wildman–Crippen MR) is 91.9 cm³/mol. The third kappa shape index (κ3) is 2.06. The van der Waals surface area contributed by atoms with E-state index in [-0.39, 0.29) is 11.4 Å². The molecule has 5 heteroatoms. The topological polar surface area (TPSA) is 45.2 Å². The van der Waals surface area contributed by atoms with E-state index in [4.69, 9.17) is 0 Å². The van der Waals surface area contributed by atoms with Gasteiger partial charge in [0.2, 0.25) is 0 Å². The zero-order valence-corrected chi connectivity index (χ0v) is 14.2. The molecule has 3 saturated heterocycles. The van der Waals surface area contributed by atoms with Crippen LogP contribution in [-0.4, -0.2) is 40.5 Å². The minimum absolute atomic E-state index is 0.0718. The Morgan fingerprint density at radius 3 is 2.87 bits per heavy atom. The molecule has 0 radical (unpaired) electrons. The first-order valence-electron chi connectivity index (χ1n) is 8.59. The van der Waals surface area contributed by atoms with Crippen LogP contribution in [0.15, 0.2) is 18.2 Å². The summed E-state index contributed by atoms with van der Waals surface area (Å²) in [4.78, 5) is 19.9. The molecule has 1 atom stereocenters. The lowest BCUT2D eigenvalue weighted by Crippen LogP contribution is -2.65. The molecular weight excluding hydrogens is 306 g/mol. The van der Waals surface area contributed by atoms with Gasteiger partial charge in [0.25, 0.3) is 5.91 Å². The van der Waals surface area contributed by atoms with Crippen LogP contribution in [0.25, 0.3) is 10.2 Å². The van der Waals surface area contributed by atoms with Crippen molar-refractivity contribution in [2.24, 2.45) is 5.92 Å². The zero-order valence-electron chi connectivity index (χ0n) is 13.3. The number of nitrogens with zero attached hydrogens (tertiary/aromatic N) is 2. The second-order valence-electron chi connectivity index (χ2n) is 7.29. The van der Waals surface area contributed by atoms with E-state index < -0.39 is 0 Å². The Morgan fingerprint density at radius 1 is 1.35 bits per heavy atom. The van der Waals surface area contributed by atoms with Gasteiger partial charge in [-0.25, -0.2) is 4.98 Å². The van der Waals surface area contributed by atoms with E-state index >= 15 is 0 Å². The molecule has 1 N–H and O–H groups in total. The Balaban J connectivity index is 1.42. The van der Waals surface area contributed by atoms with Crippen molar-refractivity contribution >= 4 is 27.5 Å². The number of thiazole rings is 1. The van der Waals surface area contributed by atoms with Gasteiger partial charge in [0.1, 0.15) is 0 Å². The van der Waals surface area contributed by atoms with Crippen LogP contribution in [0.2, 0.25) is 0 Å². The summed E-state index contributed by atoms with van der Waals surface area (Å²) in [5.41, 5.74) is 1.98. The van der Waals surface area contributed by atoms with Gasteiger partial charge in [-0.1, -0.05) is 0 Å². The Labute approximate surface area is 139 Å². The minimum atomic E-state index is 0.0718. The van der Waals surface area contributed by atoms with Crippen LogP contribution in [0.4, 0.5) is 0 Å². The molecule has 1 spiro atoms. The van der Waals surface area contributed by atoms with E-state index in [1.54, 1.807) is 11.3 Å². The number of amides is 1. The Hall–Kier alpha value is -1.46. The fourth-order valence-corrected chi connectivity index (χ4v) is 5.54. The van der Waals surface area contributed by atoms with E-state index in [0.717, 1.165) is 20.8 Å². The monoisotopic (exact) mass is 327 g/mol. The lowest BCUT2D eigenvalue weighted by atomic mass is 9.77. The fourth-order valence-electron chi connectivity index (χ4n) is 4.73. The number of aromatic nitrogens is 1. The smallest absolute Gasteiger partial charge is 0.251 e. The fraction of sp³-hybridized carbons (Fsp3) is 0.556. The molecule has 4 heterocycles. The summed E-state index contributed by atoms with van der Waals surface area (Å²) in [6, 6.07) is 6.24. The molecule has 23 heavy (non-hydrogen) atoms. The molecule has 1 amide bonds. The molecule has 4 fully saturated rings. The lowest BCUT2D eigenvalue weighted by molar-refractivity contribution is -0.00144. The molecular formula is C18H21N3OS. The van der Waals surface area contributed by atoms with Crippen molar-refractivity contribution in [3.8, 4) is 0 Å². The molecule has 4 aliphatic rings. The van der Waals surface area contributed by atoms with Gasteiger partial charge < -0.3 is 5.32 Å². The second kappa shape index (κ2) is 4.77. The molecule has 120 valence electrons. The predicted octanol–water partition coefficient (Wildman–Crippen LogP) is 2.96. The average molecular weight is 327 g/mol. The highest BCUT2D eigenvalue weighted by Gasteiger charge is 2.60. The van der Waals surface area contributed by atoms with Crippen molar-refractivity contribution in [3.63, 3.8) is 0 Å². The minimum Gasteiger partial charge on any atom is -0.347 e. The van der Waals surface area contributed by atoms with Gasteiger partial charge in [-0.15, -0.1) is 11.3 Å². The van der Waals surface area contributed by atoms with Gasteiger partial charge in [0.05, 0.1) is 21.3 Å². The highest BCUT2D eigenvalue weighted by molar-refractivity contribution is 7.18. The zero-order chi connectivity index (χ0) is 15.6. The van der Waals surface area contributed by atoms with E-state index in [1.807, 2.05) is 25.1 Å². The number of benzene rings is 1. The number of aryl methyl sites for hydroxylation is 1. The maximum absolute atomic E-state index is 12.8. The maximum atomic E-state index is 12.8. The van der Waals surface area contributed by atoms with Crippen molar-refractivity contribution in [1.82, 2.24) is 15.2 Å². The molecule has 1 saturated carbocycles. The second-order valence-corrected chi connectivity index (χ2v) is 8.53. The lowest BCUT2D eigenvalue weighted by Gasteiger charge is -2.52. The maximum Gasteiger partial charge on any atom is 0.251 e. The number of hydrogen-bond donors (Lipinski definition) is 1. The van der Waals surface area contributed by atoms with Gasteiger partial charge in [-0.2, -0.15) is 0 Å². The van der Waals surface area contributed by atoms with Gasteiger partial charge in [0.15, 0.2) is 0 Å². The van der Waals surface area contributed by atoms with Crippen LogP contribution in [0.3, 0.4) is 0 Å². The number of hydrogen-bond acceptors (Lipinski definition) is 4. The van der Waals surface area contributed by atoms with Gasteiger partial charge in [-0.05, 0) is 69.8 Å². The van der Waals surface area contributed by atoms with E-state index in [9.17, 15) is 4.79 Å². The molecule has 2 aromatic rings. The van der Waals surface area contributed by atoms with Gasteiger partial charge in [-0.3, -0.25) is 9.69 Å². The number of carbonyl (C=O) groups is 1. The van der Waals surface area contributed by atoms with Crippen LogP contribution < -0.4 is 5.32 Å². The van der Waals surface area contributed by atoms with E-state index in [1.165, 1.54) is 38.8 Å². The van der Waals surface area contributed by atoms with Crippen LogP contribution in [-0.2, 0) is 0 Å². The number of piperidine rings is 3. The normalized spacial score (nSPS) is 30.7. The number of rotatable bonds is 2. The molecule has 2 bridgehead atoms. The quantitative estimate of drug-likeness (QED) is 0.922. The molecule has 4 nitrogen and oxygen atoms in total. The highest BCUT2D eigenvalue weighted by Crippen LogP contribution is 2.53. The van der Waals surface area contributed by atoms with Crippen LogP contribution >= 0.6 is 11.3 Å². The Kier molecular flexibility index (Phi) is 2.89. The Bertz CT molecular complexity index is 787. The first-order chi connectivity index (χ1) is 11.2. The standard InChI is InChI=1S/C18H21N3OS/c1-11-19-14-10-13(2-3-15(14)23-11)17(22)20-16-12-4-8-21(9-5-12)18(16)6-7-18/h2-3,10,12,16H,4-9H2,1H3,(H,20,22)/t16-/m1/s1. The van der Waals surface area contributed by atoms with E-state index in [2.05, 4.69) is 15.2 Å². The van der Waals surface area contributed by atoms with Crippen LogP contribution in [0.1, 0.15) is 41.0 Å². The average Bonchev–Trinajstić information content (AvgIpc) is 3.24. The van der Waals surface area contributed by atoms with Crippen LogP contribution in [0, 0.1) is 12.8 Å². The molecule has 6 rings (SSSR count). The Morgan fingerprint density at radius 2 is 2.13 bits per heavy atom. The van der Waals surface area contributed by atoms with Crippen molar-refractivity contribution in [3.05, 3.63) is 28.8 Å². The summed E-state index contributed by atoms with van der Waals surface area (Å²) < 4.78 is 1.15. The summed E-state index contributed by atoms with van der Waals surface area (Å²) in [6.07, 6.45) is 4.96. The molecule has 0 unspecified atom stereocenters. The SMILES string of the molecule is Cc1nc2cc(C(=O)N[C@@H]3C4CCN(CC4)C34CC4)ccc2s1. The molecule has 1 aromatic carbocycles. The third-order valence-electron chi connectivity index (χ3n) is 6.03. The first kappa shape index (κ1) is 13.9. The number of carbonyl (C=O) groups excluding carboxylic acids is 1. The highest BCUT2D eigenvalue weighted by atomic mass is 32.1. The summed E-state index contributed by atoms with van der Waals surface area (Å²) in [7, 11) is 0. The number of nitrogens with one attached hydrogen (secondary N) is 1. The van der Waals surface area contributed by atoms with Gasteiger partial charge in [0, 0.05) is 11.1 Å². The number of fused-ring (bicyclic) bond motifs is 3. The molecule has 1 aromatic heterocycles. The summed E-state index contributed by atoms with van der Waals surface area (Å²) in [5.74, 6) is 0.735. The van der Waals surface area contributed by atoms with Crippen LogP contribution in [0.5, 0.6) is 0 Å². The van der Waals surface area contributed by atoms with Crippen molar-refractivity contribution in [2.45, 2.75) is 44.2 Å². The summed E-state index contributed by atoms with van der Waals surface area (Å²) >= 11 is 1.68. The summed E-state index contributed by atoms with van der Waals surface area (Å²) in [6.45, 7) is 4.46. The third-order valence-corrected chi connectivity index (χ3v) is 6.98. The largest absolute Gasteiger partial charge is 0.347 e. The summed E-state index contributed by atoms with van der Waals surface area (Å²) in [5, 5.41) is 4.43. The van der Waals surface area contributed by atoms with Gasteiger partial charge >= 0.3 is 0 Å². The molecule has 1 aliphatic carbocycles. The van der Waals surface area contributed by atoms with Crippen molar-refractivity contribution in [2.75, 3.05) is 13.1 Å². The van der Waals surface area contributed by atoms with Crippen molar-refractivity contribution in [1.29, 1.82) is 0 Å².